The van der Waals surface area contributed by atoms with Gasteiger partial charge in [0.1, 0.15) is 11.9 Å². The molecule has 0 aromatic heterocycles. The van der Waals surface area contributed by atoms with E-state index in [2.05, 4.69) is 6.07 Å². The zero-order chi connectivity index (χ0) is 10.7. The largest absolute Gasteiger partial charge is 0.489 e. The predicted molar refractivity (Wildman–Crippen MR) is 54.7 cm³/mol. The van der Waals surface area contributed by atoms with Gasteiger partial charge in [-0.05, 0) is 18.6 Å². The maximum Gasteiger partial charge on any atom is 0.170 e. The third-order valence-electron chi connectivity index (χ3n) is 2.47. The summed E-state index contributed by atoms with van der Waals surface area (Å²) in [6, 6.07) is 9.31. The quantitative estimate of drug-likeness (QED) is 0.737. The zero-order valence-electron chi connectivity index (χ0n) is 8.27. The molecule has 0 aliphatic carbocycles. The SMILES string of the molecule is N#CCC[C@@H]1CC(=O)c2ccccc2O1. The zero-order valence-corrected chi connectivity index (χ0v) is 8.27. The molecule has 0 spiro atoms. The highest BCUT2D eigenvalue weighted by Crippen LogP contribution is 2.28. The first-order chi connectivity index (χ1) is 7.31. The standard InChI is InChI=1S/C12H11NO2/c13-7-3-4-9-8-11(14)10-5-1-2-6-12(10)15-9/h1-2,5-6,9H,3-4,8H2/t9-/m1/s1. The molecular weight excluding hydrogens is 190 g/mol. The third kappa shape index (κ3) is 1.99. The van der Waals surface area contributed by atoms with Crippen molar-refractivity contribution in [3.05, 3.63) is 29.8 Å². The summed E-state index contributed by atoms with van der Waals surface area (Å²) < 4.78 is 5.63. The molecule has 76 valence electrons. The third-order valence-corrected chi connectivity index (χ3v) is 2.47. The summed E-state index contributed by atoms with van der Waals surface area (Å²) in [7, 11) is 0. The van der Waals surface area contributed by atoms with Gasteiger partial charge in [0.15, 0.2) is 5.78 Å². The second kappa shape index (κ2) is 4.14. The molecule has 0 fully saturated rings. The summed E-state index contributed by atoms with van der Waals surface area (Å²) in [5.74, 6) is 0.761. The van der Waals surface area contributed by atoms with Crippen LogP contribution < -0.4 is 4.74 Å². The number of carbonyl (C=O) groups is 1. The Hall–Kier alpha value is -1.82. The number of ketones is 1. The summed E-state index contributed by atoms with van der Waals surface area (Å²) in [4.78, 5) is 11.7. The van der Waals surface area contributed by atoms with Crippen molar-refractivity contribution in [2.24, 2.45) is 0 Å². The van der Waals surface area contributed by atoms with Crippen molar-refractivity contribution in [2.45, 2.75) is 25.4 Å². The summed E-state index contributed by atoms with van der Waals surface area (Å²) in [5.41, 5.74) is 0.658. The number of fused-ring (bicyclic) bond motifs is 1. The van der Waals surface area contributed by atoms with Crippen molar-refractivity contribution in [1.29, 1.82) is 5.26 Å². The fourth-order valence-corrected chi connectivity index (χ4v) is 1.72. The number of nitriles is 1. The molecule has 0 saturated heterocycles. The average Bonchev–Trinajstić information content (AvgIpc) is 2.26. The Morgan fingerprint density at radius 3 is 3.07 bits per heavy atom. The van der Waals surface area contributed by atoms with Crippen LogP contribution in [0.2, 0.25) is 0 Å². The minimum Gasteiger partial charge on any atom is -0.489 e. The van der Waals surface area contributed by atoms with E-state index in [-0.39, 0.29) is 11.9 Å². The lowest BCUT2D eigenvalue weighted by atomic mass is 9.98. The maximum absolute atomic E-state index is 11.7. The molecule has 1 heterocycles. The number of ether oxygens (including phenoxy) is 1. The van der Waals surface area contributed by atoms with Gasteiger partial charge in [-0.15, -0.1) is 0 Å². The first-order valence-corrected chi connectivity index (χ1v) is 4.97. The molecule has 2 rings (SSSR count). The van der Waals surface area contributed by atoms with E-state index in [1.54, 1.807) is 12.1 Å². The Morgan fingerprint density at radius 2 is 2.27 bits per heavy atom. The number of carbonyl (C=O) groups excluding carboxylic acids is 1. The molecule has 15 heavy (non-hydrogen) atoms. The first kappa shape index (κ1) is 9.72. The molecule has 0 saturated carbocycles. The predicted octanol–water partition coefficient (Wildman–Crippen LogP) is 2.32. The van der Waals surface area contributed by atoms with Gasteiger partial charge < -0.3 is 4.74 Å². The van der Waals surface area contributed by atoms with Gasteiger partial charge in [-0.2, -0.15) is 5.26 Å². The van der Waals surface area contributed by atoms with Crippen LogP contribution in [0.25, 0.3) is 0 Å². The summed E-state index contributed by atoms with van der Waals surface area (Å²) >= 11 is 0. The Kier molecular flexibility index (Phi) is 2.68. The second-order valence-electron chi connectivity index (χ2n) is 3.56. The van der Waals surface area contributed by atoms with E-state index >= 15 is 0 Å². The number of benzene rings is 1. The molecule has 1 aromatic rings. The number of Topliss-reactive ketones (excluding diaryl/α,β-unsaturated/α-hetero) is 1. The Labute approximate surface area is 88.3 Å². The highest BCUT2D eigenvalue weighted by atomic mass is 16.5. The number of rotatable bonds is 2. The van der Waals surface area contributed by atoms with Crippen molar-refractivity contribution >= 4 is 5.78 Å². The van der Waals surface area contributed by atoms with E-state index in [1.807, 2.05) is 12.1 Å². The van der Waals surface area contributed by atoms with Crippen LogP contribution >= 0.6 is 0 Å². The van der Waals surface area contributed by atoms with E-state index < -0.39 is 0 Å². The lowest BCUT2D eigenvalue weighted by Crippen LogP contribution is -2.26. The van der Waals surface area contributed by atoms with Crippen LogP contribution in [0.4, 0.5) is 0 Å². The van der Waals surface area contributed by atoms with Gasteiger partial charge >= 0.3 is 0 Å². The van der Waals surface area contributed by atoms with E-state index in [0.29, 0.717) is 30.6 Å². The van der Waals surface area contributed by atoms with Crippen LogP contribution in [0.5, 0.6) is 5.75 Å². The fourth-order valence-electron chi connectivity index (χ4n) is 1.72. The van der Waals surface area contributed by atoms with Gasteiger partial charge in [0.25, 0.3) is 0 Å². The Balaban J connectivity index is 2.16. The van der Waals surface area contributed by atoms with E-state index in [9.17, 15) is 4.79 Å². The number of hydrogen-bond acceptors (Lipinski definition) is 3. The highest BCUT2D eigenvalue weighted by Gasteiger charge is 2.25. The molecular formula is C12H11NO2. The normalized spacial score (nSPS) is 18.9. The molecule has 3 nitrogen and oxygen atoms in total. The van der Waals surface area contributed by atoms with E-state index in [0.717, 1.165) is 0 Å². The highest BCUT2D eigenvalue weighted by molar-refractivity contribution is 5.99. The molecule has 3 heteroatoms. The van der Waals surface area contributed by atoms with Gasteiger partial charge in [0.05, 0.1) is 11.6 Å². The molecule has 0 unspecified atom stereocenters. The van der Waals surface area contributed by atoms with Crippen molar-refractivity contribution < 1.29 is 9.53 Å². The first-order valence-electron chi connectivity index (χ1n) is 4.97. The van der Waals surface area contributed by atoms with Crippen LogP contribution in [0.15, 0.2) is 24.3 Å². The van der Waals surface area contributed by atoms with Gasteiger partial charge in [0.2, 0.25) is 0 Å². The monoisotopic (exact) mass is 201 g/mol. The molecule has 0 N–H and O–H groups in total. The van der Waals surface area contributed by atoms with Crippen LogP contribution in [-0.4, -0.2) is 11.9 Å². The minimum atomic E-state index is -0.132. The minimum absolute atomic E-state index is 0.111. The lowest BCUT2D eigenvalue weighted by molar-refractivity contribution is 0.0841. The Bertz CT molecular complexity index is 420. The lowest BCUT2D eigenvalue weighted by Gasteiger charge is -2.24. The van der Waals surface area contributed by atoms with Gasteiger partial charge in [-0.3, -0.25) is 4.79 Å². The van der Waals surface area contributed by atoms with Crippen molar-refractivity contribution in [1.82, 2.24) is 0 Å². The van der Waals surface area contributed by atoms with Crippen LogP contribution in [0, 0.1) is 11.3 Å². The van der Waals surface area contributed by atoms with Gasteiger partial charge in [-0.25, -0.2) is 0 Å². The van der Waals surface area contributed by atoms with Crippen LogP contribution in [0.3, 0.4) is 0 Å². The average molecular weight is 201 g/mol. The van der Waals surface area contributed by atoms with Crippen molar-refractivity contribution in [3.8, 4) is 11.8 Å². The fraction of sp³-hybridized carbons (Fsp3) is 0.333. The molecule has 0 radical (unpaired) electrons. The van der Waals surface area contributed by atoms with Crippen LogP contribution in [-0.2, 0) is 0 Å². The van der Waals surface area contributed by atoms with Crippen LogP contribution in [0.1, 0.15) is 29.6 Å². The van der Waals surface area contributed by atoms with Gasteiger partial charge in [0, 0.05) is 12.8 Å². The molecule has 0 bridgehead atoms. The number of hydrogen-bond donors (Lipinski definition) is 0. The molecule has 1 aromatic carbocycles. The molecule has 0 amide bonds. The maximum atomic E-state index is 11.7. The molecule has 1 atom stereocenters. The smallest absolute Gasteiger partial charge is 0.170 e. The summed E-state index contributed by atoms with van der Waals surface area (Å²) in [6.45, 7) is 0. The van der Waals surface area contributed by atoms with E-state index in [1.165, 1.54) is 0 Å². The number of nitrogens with zero attached hydrogens (tertiary/aromatic N) is 1. The summed E-state index contributed by atoms with van der Waals surface area (Å²) in [6.07, 6.45) is 1.31. The topological polar surface area (TPSA) is 50.1 Å². The number of para-hydroxylation sites is 1. The molecule has 1 aliphatic rings. The van der Waals surface area contributed by atoms with Crippen molar-refractivity contribution in [2.75, 3.05) is 0 Å². The second-order valence-corrected chi connectivity index (χ2v) is 3.56. The summed E-state index contributed by atoms with van der Waals surface area (Å²) in [5, 5.41) is 8.47. The van der Waals surface area contributed by atoms with Crippen molar-refractivity contribution in [3.63, 3.8) is 0 Å². The van der Waals surface area contributed by atoms with E-state index in [4.69, 9.17) is 10.00 Å². The Morgan fingerprint density at radius 1 is 1.47 bits per heavy atom. The van der Waals surface area contributed by atoms with Gasteiger partial charge in [-0.1, -0.05) is 12.1 Å². The molecule has 1 aliphatic heterocycles.